The van der Waals surface area contributed by atoms with Gasteiger partial charge in [0.1, 0.15) is 23.2 Å². The maximum absolute atomic E-state index is 15.6. The molecule has 1 fully saturated rings. The Labute approximate surface area is 220 Å². The van der Waals surface area contributed by atoms with Crippen molar-refractivity contribution in [1.29, 1.82) is 0 Å². The minimum absolute atomic E-state index is 0.0389. The molecule has 0 spiro atoms. The molecule has 3 heterocycles. The van der Waals surface area contributed by atoms with E-state index in [1.165, 1.54) is 18.5 Å². The highest BCUT2D eigenvalue weighted by Crippen LogP contribution is 2.43. The molecule has 0 radical (unpaired) electrons. The fourth-order valence-electron chi connectivity index (χ4n) is 5.10. The molecule has 2 aromatic heterocycles. The summed E-state index contributed by atoms with van der Waals surface area (Å²) in [6, 6.07) is 14.6. The molecule has 1 saturated heterocycles. The van der Waals surface area contributed by atoms with Crippen LogP contribution in [-0.4, -0.2) is 48.9 Å². The van der Waals surface area contributed by atoms with Gasteiger partial charge in [0.05, 0.1) is 11.7 Å². The number of aryl methyl sites for hydroxylation is 1. The molecule has 5 aromatic rings. The van der Waals surface area contributed by atoms with Crippen molar-refractivity contribution in [3.8, 4) is 34.0 Å². The van der Waals surface area contributed by atoms with Gasteiger partial charge >= 0.3 is 6.18 Å². The van der Waals surface area contributed by atoms with Crippen LogP contribution >= 0.6 is 0 Å². The zero-order valence-electron chi connectivity index (χ0n) is 20.8. The van der Waals surface area contributed by atoms with Crippen molar-refractivity contribution in [2.45, 2.75) is 25.2 Å². The zero-order valence-corrected chi connectivity index (χ0v) is 20.8. The number of likely N-dealkylation sites (tertiary alicyclic amines) is 1. The number of hydrogen-bond donors (Lipinski definition) is 1. The summed E-state index contributed by atoms with van der Waals surface area (Å²) < 4.78 is 65.4. The normalized spacial score (nSPS) is 16.4. The summed E-state index contributed by atoms with van der Waals surface area (Å²) in [5.41, 5.74) is 0.394. The minimum atomic E-state index is -4.73. The molecular formula is C28H23F4N5O2. The lowest BCUT2D eigenvalue weighted by atomic mass is 9.94. The number of benzene rings is 3. The Bertz CT molecular complexity index is 1660. The molecule has 39 heavy (non-hydrogen) atoms. The number of aromatic nitrogens is 4. The van der Waals surface area contributed by atoms with E-state index < -0.39 is 29.2 Å². The predicted molar refractivity (Wildman–Crippen MR) is 136 cm³/mol. The van der Waals surface area contributed by atoms with Gasteiger partial charge in [0.2, 0.25) is 5.89 Å². The van der Waals surface area contributed by atoms with E-state index in [-0.39, 0.29) is 23.5 Å². The average Bonchev–Trinajstić information content (AvgIpc) is 3.63. The number of alkyl halides is 3. The van der Waals surface area contributed by atoms with Crippen LogP contribution in [0.4, 0.5) is 17.6 Å². The maximum atomic E-state index is 15.6. The molecule has 200 valence electrons. The topological polar surface area (TPSA) is 80.2 Å². The smallest absolute Gasteiger partial charge is 0.420 e. The molecule has 0 saturated carbocycles. The van der Waals surface area contributed by atoms with Crippen LogP contribution in [0.5, 0.6) is 0 Å². The van der Waals surface area contributed by atoms with Gasteiger partial charge in [0.25, 0.3) is 0 Å². The molecule has 0 unspecified atom stereocenters. The van der Waals surface area contributed by atoms with E-state index in [1.54, 1.807) is 17.7 Å². The summed E-state index contributed by atoms with van der Waals surface area (Å²) in [6.07, 6.45) is -3.22. The number of halogens is 4. The van der Waals surface area contributed by atoms with Crippen LogP contribution in [0, 0.1) is 5.82 Å². The summed E-state index contributed by atoms with van der Waals surface area (Å²) >= 11 is 0. The first kappa shape index (κ1) is 25.2. The van der Waals surface area contributed by atoms with Crippen molar-refractivity contribution >= 4 is 11.1 Å². The number of fused-ring (bicyclic) bond motifs is 1. The molecule has 0 amide bonds. The van der Waals surface area contributed by atoms with Crippen molar-refractivity contribution in [3.05, 3.63) is 77.9 Å². The van der Waals surface area contributed by atoms with E-state index in [4.69, 9.17) is 4.42 Å². The standard InChI is InChI=1S/C28H23F4N5O2/c1-36-15-33-35-26(36)23-19(17-5-3-2-4-6-17)7-8-21(29)24(23)27-34-22-12-16(13-37-10-9-18(38)14-37)11-20(25(22)39-27)28(30,31)32/h2-8,11-12,15,18,38H,9-10,13-14H2,1H3/t18-/m0/s1. The van der Waals surface area contributed by atoms with Gasteiger partial charge in [-0.25, -0.2) is 9.37 Å². The molecule has 1 atom stereocenters. The lowest BCUT2D eigenvalue weighted by molar-refractivity contribution is -0.136. The summed E-state index contributed by atoms with van der Waals surface area (Å²) in [7, 11) is 1.69. The lowest BCUT2D eigenvalue weighted by Crippen LogP contribution is -2.21. The van der Waals surface area contributed by atoms with Gasteiger partial charge in [-0.05, 0) is 41.3 Å². The number of aliphatic hydroxyl groups is 1. The predicted octanol–water partition coefficient (Wildman–Crippen LogP) is 5.68. The summed E-state index contributed by atoms with van der Waals surface area (Å²) in [5.74, 6) is -0.716. The Balaban J connectivity index is 1.57. The van der Waals surface area contributed by atoms with E-state index in [0.29, 0.717) is 42.0 Å². The van der Waals surface area contributed by atoms with Gasteiger partial charge in [-0.3, -0.25) is 4.90 Å². The summed E-state index contributed by atoms with van der Waals surface area (Å²) in [6.45, 7) is 1.16. The number of hydrogen-bond acceptors (Lipinski definition) is 6. The van der Waals surface area contributed by atoms with Gasteiger partial charge in [-0.2, -0.15) is 13.2 Å². The van der Waals surface area contributed by atoms with Crippen molar-refractivity contribution in [3.63, 3.8) is 0 Å². The Hall–Kier alpha value is -4.09. The maximum Gasteiger partial charge on any atom is 0.420 e. The highest BCUT2D eigenvalue weighted by molar-refractivity contribution is 5.92. The SMILES string of the molecule is Cn1cnnc1-c1c(-c2ccccc2)ccc(F)c1-c1nc2cc(CN3CC[C@H](O)C3)cc(C(F)(F)F)c2o1. The van der Waals surface area contributed by atoms with E-state index in [1.807, 2.05) is 35.2 Å². The van der Waals surface area contributed by atoms with Crippen LogP contribution in [0.2, 0.25) is 0 Å². The largest absolute Gasteiger partial charge is 0.435 e. The molecule has 1 aliphatic heterocycles. The van der Waals surface area contributed by atoms with Crippen molar-refractivity contribution < 1.29 is 27.1 Å². The van der Waals surface area contributed by atoms with Crippen LogP contribution in [-0.2, 0) is 19.8 Å². The summed E-state index contributed by atoms with van der Waals surface area (Å²) in [5, 5.41) is 17.9. The van der Waals surface area contributed by atoms with Crippen molar-refractivity contribution in [1.82, 2.24) is 24.6 Å². The Morgan fingerprint density at radius 1 is 1.08 bits per heavy atom. The fourth-order valence-corrected chi connectivity index (χ4v) is 5.10. The molecule has 11 heteroatoms. The van der Waals surface area contributed by atoms with E-state index in [0.717, 1.165) is 11.6 Å². The number of rotatable bonds is 5. The zero-order chi connectivity index (χ0) is 27.3. The van der Waals surface area contributed by atoms with Gasteiger partial charge in [0.15, 0.2) is 11.4 Å². The molecular weight excluding hydrogens is 514 g/mol. The highest BCUT2D eigenvalue weighted by Gasteiger charge is 2.36. The van der Waals surface area contributed by atoms with E-state index >= 15 is 4.39 Å². The molecule has 0 bridgehead atoms. The minimum Gasteiger partial charge on any atom is -0.435 e. The van der Waals surface area contributed by atoms with Crippen molar-refractivity contribution in [2.75, 3.05) is 13.1 Å². The van der Waals surface area contributed by atoms with Crippen LogP contribution in [0.25, 0.3) is 45.1 Å². The third-order valence-corrected chi connectivity index (χ3v) is 6.90. The van der Waals surface area contributed by atoms with Crippen LogP contribution in [0.15, 0.2) is 65.3 Å². The fraction of sp³-hybridized carbons (Fsp3) is 0.250. The number of aliphatic hydroxyl groups excluding tert-OH is 1. The quantitative estimate of drug-likeness (QED) is 0.291. The van der Waals surface area contributed by atoms with Gasteiger partial charge < -0.3 is 14.1 Å². The number of oxazole rings is 1. The Kier molecular flexibility index (Phi) is 6.19. The van der Waals surface area contributed by atoms with Crippen LogP contribution in [0.1, 0.15) is 17.5 Å². The first-order chi connectivity index (χ1) is 18.7. The number of nitrogens with zero attached hydrogens (tertiary/aromatic N) is 5. The van der Waals surface area contributed by atoms with E-state index in [2.05, 4.69) is 15.2 Å². The molecule has 6 rings (SSSR count). The third-order valence-electron chi connectivity index (χ3n) is 6.90. The molecule has 0 aliphatic carbocycles. The average molecular weight is 538 g/mol. The van der Waals surface area contributed by atoms with Gasteiger partial charge in [-0.15, -0.1) is 10.2 Å². The van der Waals surface area contributed by atoms with Gasteiger partial charge in [0, 0.05) is 32.2 Å². The molecule has 7 nitrogen and oxygen atoms in total. The lowest BCUT2D eigenvalue weighted by Gasteiger charge is -2.16. The molecule has 1 aliphatic rings. The summed E-state index contributed by atoms with van der Waals surface area (Å²) in [4.78, 5) is 6.25. The van der Waals surface area contributed by atoms with E-state index in [9.17, 15) is 18.3 Å². The van der Waals surface area contributed by atoms with Crippen LogP contribution in [0.3, 0.4) is 0 Å². The third kappa shape index (κ3) is 4.68. The van der Waals surface area contributed by atoms with Crippen LogP contribution < -0.4 is 0 Å². The molecule has 1 N–H and O–H groups in total. The highest BCUT2D eigenvalue weighted by atomic mass is 19.4. The monoisotopic (exact) mass is 537 g/mol. The first-order valence-corrected chi connectivity index (χ1v) is 12.3. The second-order valence-electron chi connectivity index (χ2n) is 9.66. The Morgan fingerprint density at radius 3 is 2.54 bits per heavy atom. The second-order valence-corrected chi connectivity index (χ2v) is 9.66. The Morgan fingerprint density at radius 2 is 1.87 bits per heavy atom. The number of β-amino-alcohol motifs (C(OH)–C–C–N with tert-alkyl or cyclic N) is 1. The first-order valence-electron chi connectivity index (χ1n) is 12.3. The van der Waals surface area contributed by atoms with Gasteiger partial charge in [-0.1, -0.05) is 36.4 Å². The van der Waals surface area contributed by atoms with Crippen molar-refractivity contribution in [2.24, 2.45) is 7.05 Å². The second kappa shape index (κ2) is 9.58. The molecule has 3 aromatic carbocycles.